The van der Waals surface area contributed by atoms with E-state index in [2.05, 4.69) is 28.5 Å². The summed E-state index contributed by atoms with van der Waals surface area (Å²) in [6.07, 6.45) is 0. The monoisotopic (exact) mass is 414 g/mol. The molecule has 5 heteroatoms. The zero-order chi connectivity index (χ0) is 3.58. The van der Waals surface area contributed by atoms with E-state index in [0.29, 0.717) is 0 Å². The maximum atomic E-state index is 3.27. The molecule has 0 unspecified atom stereocenters. The summed E-state index contributed by atoms with van der Waals surface area (Å²) in [5, 5.41) is 0. The molecule has 0 radical (unpaired) electrons. The second kappa shape index (κ2) is 6.69. The first-order valence-corrected chi connectivity index (χ1v) is 14.6. The Bertz CT molecular complexity index is 11.6. The normalized spacial score (nSPS) is 9.00. The summed E-state index contributed by atoms with van der Waals surface area (Å²) in [7, 11) is 9.81. The summed E-state index contributed by atoms with van der Waals surface area (Å²) in [5.74, 6) is 0. The molecule has 0 heterocycles. The van der Waals surface area contributed by atoms with Gasteiger partial charge in [0.15, 0.2) is 0 Å². The van der Waals surface area contributed by atoms with Gasteiger partial charge in [-0.25, -0.2) is 0 Å². The SMILES string of the molecule is O.[Br][Tb]([Br])[Br]. The van der Waals surface area contributed by atoms with Crippen LogP contribution in [-0.2, 0) is 0 Å². The molecule has 0 saturated carbocycles. The first-order valence-electron chi connectivity index (χ1n) is 0.378. The molecule has 0 spiro atoms. The van der Waals surface area contributed by atoms with Gasteiger partial charge in [0.05, 0.1) is 0 Å². The van der Waals surface area contributed by atoms with Gasteiger partial charge in [0.1, 0.15) is 0 Å². The number of hydrogen-bond donors (Lipinski definition) is 0. The molecule has 0 aromatic heterocycles. The van der Waals surface area contributed by atoms with Crippen molar-refractivity contribution in [2.24, 2.45) is 0 Å². The van der Waals surface area contributed by atoms with Crippen LogP contribution in [0.4, 0.5) is 0 Å². The van der Waals surface area contributed by atoms with Crippen LogP contribution in [0.15, 0.2) is 0 Å². The van der Waals surface area contributed by atoms with E-state index in [0.717, 1.165) is 0 Å². The van der Waals surface area contributed by atoms with Gasteiger partial charge in [0.25, 0.3) is 0 Å². The van der Waals surface area contributed by atoms with E-state index in [9.17, 15) is 0 Å². The molecule has 0 aromatic rings. The van der Waals surface area contributed by atoms with E-state index in [1.54, 1.807) is 0 Å². The van der Waals surface area contributed by atoms with Crippen molar-refractivity contribution < 1.29 is 29.2 Å². The van der Waals surface area contributed by atoms with Crippen molar-refractivity contribution in [3.05, 3.63) is 0 Å². The molecule has 38 valence electrons. The topological polar surface area (TPSA) is 31.5 Å². The van der Waals surface area contributed by atoms with Gasteiger partial charge in [-0.05, 0) is 0 Å². The molecule has 0 rings (SSSR count). The predicted octanol–water partition coefficient (Wildman–Crippen LogP) is 1.71. The number of halogens is 3. The standard InChI is InChI=1S/3BrH.H2O.Tb/h3*1H;1H2;/q;;;;+3/p-3. The van der Waals surface area contributed by atoms with E-state index in [4.69, 9.17) is 0 Å². The summed E-state index contributed by atoms with van der Waals surface area (Å²) in [5.41, 5.74) is 0. The minimum atomic E-state index is -0.896. The second-order valence-corrected chi connectivity index (χ2v) is 28.6. The minimum absolute atomic E-state index is 0. The number of hydrogen-bond acceptors (Lipinski definition) is 0. The Kier molecular flexibility index (Phi) is 14.2. The molecule has 0 atom stereocenters. The molecule has 2 N–H and O–H groups in total. The average Bonchev–Trinajstić information content (AvgIpc) is 0.811. The third kappa shape index (κ3) is 20.4. The van der Waals surface area contributed by atoms with Crippen molar-refractivity contribution in [1.82, 2.24) is 0 Å². The Hall–Kier alpha value is 2.69. The van der Waals surface area contributed by atoms with Crippen molar-refractivity contribution in [3.63, 3.8) is 0 Å². The predicted molar refractivity (Wildman–Crippen MR) is 30.4 cm³/mol. The molecular formula is H2Br3OTb. The van der Waals surface area contributed by atoms with E-state index in [1.165, 1.54) is 0 Å². The molecule has 5 heavy (non-hydrogen) atoms. The van der Waals surface area contributed by atoms with Crippen molar-refractivity contribution in [3.8, 4) is 0 Å². The third-order valence-electron chi connectivity index (χ3n) is 0. The van der Waals surface area contributed by atoms with Crippen molar-refractivity contribution in [1.29, 1.82) is 0 Å². The van der Waals surface area contributed by atoms with Gasteiger partial charge in [-0.3, -0.25) is 0 Å². The fourth-order valence-electron chi connectivity index (χ4n) is 0. The van der Waals surface area contributed by atoms with Crippen LogP contribution in [0, 0.1) is 23.7 Å². The Balaban J connectivity index is 0. The van der Waals surface area contributed by atoms with E-state index < -0.39 is 23.7 Å². The average molecular weight is 417 g/mol. The van der Waals surface area contributed by atoms with Crippen molar-refractivity contribution in [2.75, 3.05) is 0 Å². The van der Waals surface area contributed by atoms with E-state index in [1.807, 2.05) is 0 Å². The van der Waals surface area contributed by atoms with Gasteiger partial charge in [0, 0.05) is 0 Å². The van der Waals surface area contributed by atoms with Gasteiger partial charge in [-0.2, -0.15) is 0 Å². The maximum absolute atomic E-state index is 3.27. The molecule has 0 aliphatic carbocycles. The van der Waals surface area contributed by atoms with Crippen LogP contribution in [0.3, 0.4) is 0 Å². The first kappa shape index (κ1) is 10.6. The Morgan fingerprint density at radius 3 is 1.00 bits per heavy atom. The van der Waals surface area contributed by atoms with Crippen LogP contribution < -0.4 is 0 Å². The van der Waals surface area contributed by atoms with Crippen LogP contribution in [0.5, 0.6) is 0 Å². The molecule has 0 aliphatic rings. The quantitative estimate of drug-likeness (QED) is 0.576. The fourth-order valence-corrected chi connectivity index (χ4v) is 0. The van der Waals surface area contributed by atoms with Gasteiger partial charge in [-0.15, -0.1) is 0 Å². The molecule has 0 bridgehead atoms. The Labute approximate surface area is 56.0 Å². The molecular weight excluding hydrogens is 415 g/mol. The van der Waals surface area contributed by atoms with Gasteiger partial charge >= 0.3 is 52.3 Å². The van der Waals surface area contributed by atoms with Gasteiger partial charge in [0.2, 0.25) is 0 Å². The van der Waals surface area contributed by atoms with Crippen LogP contribution in [0.2, 0.25) is 0 Å². The van der Waals surface area contributed by atoms with Gasteiger partial charge < -0.3 is 5.48 Å². The summed E-state index contributed by atoms with van der Waals surface area (Å²) < 4.78 is 0. The van der Waals surface area contributed by atoms with Crippen LogP contribution in [0.1, 0.15) is 0 Å². The zero-order valence-electron chi connectivity index (χ0n) is 1.97. The van der Waals surface area contributed by atoms with Gasteiger partial charge in [-0.1, -0.05) is 0 Å². The molecule has 0 aromatic carbocycles. The number of rotatable bonds is 0. The zero-order valence-corrected chi connectivity index (χ0v) is 8.86. The summed E-state index contributed by atoms with van der Waals surface area (Å²) in [6, 6.07) is 0. The molecule has 0 amide bonds. The van der Waals surface area contributed by atoms with Crippen LogP contribution >= 0.6 is 28.5 Å². The third-order valence-corrected chi connectivity index (χ3v) is 0. The summed E-state index contributed by atoms with van der Waals surface area (Å²) in [4.78, 5) is 0. The summed E-state index contributed by atoms with van der Waals surface area (Å²) in [6.45, 7) is 0. The fraction of sp³-hybridized carbons (Fsp3) is 0. The molecule has 0 saturated heterocycles. The van der Waals surface area contributed by atoms with E-state index >= 15 is 0 Å². The van der Waals surface area contributed by atoms with Crippen molar-refractivity contribution in [2.45, 2.75) is 0 Å². The molecule has 0 fully saturated rings. The van der Waals surface area contributed by atoms with Crippen molar-refractivity contribution >= 4 is 28.5 Å². The Morgan fingerprint density at radius 2 is 1.00 bits per heavy atom. The van der Waals surface area contributed by atoms with E-state index in [-0.39, 0.29) is 5.48 Å². The molecule has 1 nitrogen and oxygen atoms in total. The Morgan fingerprint density at radius 1 is 1.00 bits per heavy atom. The molecule has 0 aliphatic heterocycles. The second-order valence-electron chi connectivity index (χ2n) is 0.143. The first-order chi connectivity index (χ1) is 1.73. The van der Waals surface area contributed by atoms with Crippen LogP contribution in [0.25, 0.3) is 0 Å². The summed E-state index contributed by atoms with van der Waals surface area (Å²) >= 11 is -0.896. The van der Waals surface area contributed by atoms with Crippen LogP contribution in [-0.4, -0.2) is 5.48 Å².